The highest BCUT2D eigenvalue weighted by molar-refractivity contribution is 6.02. The summed E-state index contributed by atoms with van der Waals surface area (Å²) in [4.78, 5) is 43.2. The molecule has 2 aliphatic rings. The summed E-state index contributed by atoms with van der Waals surface area (Å²) >= 11 is 0. The van der Waals surface area contributed by atoms with Gasteiger partial charge in [-0.1, -0.05) is 62.6 Å². The van der Waals surface area contributed by atoms with Gasteiger partial charge in [0.05, 0.1) is 30.4 Å². The SMILES string of the molecule is C[C@@H]1CN([C@H](C)CO)C(=O)c2cc(NC(=O)C3CCCCC3)ccc2O[C@@H]1CN(C)C(=O)Nc1cccc2ccccc12. The van der Waals surface area contributed by atoms with Crippen LogP contribution in [-0.2, 0) is 4.79 Å². The molecule has 9 nitrogen and oxygen atoms in total. The van der Waals surface area contributed by atoms with E-state index in [1.807, 2.05) is 49.4 Å². The average molecular weight is 587 g/mol. The van der Waals surface area contributed by atoms with Crippen molar-refractivity contribution in [1.82, 2.24) is 9.80 Å². The summed E-state index contributed by atoms with van der Waals surface area (Å²) in [6, 6.07) is 18.1. The predicted octanol–water partition coefficient (Wildman–Crippen LogP) is 5.74. The largest absolute Gasteiger partial charge is 0.487 e. The monoisotopic (exact) mass is 586 g/mol. The fraction of sp³-hybridized carbons (Fsp3) is 0.441. The van der Waals surface area contributed by atoms with E-state index in [0.717, 1.165) is 48.6 Å². The lowest BCUT2D eigenvalue weighted by molar-refractivity contribution is -0.120. The fourth-order valence-corrected chi connectivity index (χ4v) is 6.03. The van der Waals surface area contributed by atoms with Crippen LogP contribution in [0.4, 0.5) is 16.2 Å². The van der Waals surface area contributed by atoms with Crippen molar-refractivity contribution in [2.24, 2.45) is 11.8 Å². The molecular formula is C34H42N4O5. The van der Waals surface area contributed by atoms with Crippen LogP contribution in [0.25, 0.3) is 10.8 Å². The van der Waals surface area contributed by atoms with Gasteiger partial charge in [-0.3, -0.25) is 9.59 Å². The Kier molecular flexibility index (Phi) is 9.50. The lowest BCUT2D eigenvalue weighted by atomic mass is 9.88. The number of ether oxygens (including phenoxy) is 1. The highest BCUT2D eigenvalue weighted by atomic mass is 16.5. The van der Waals surface area contributed by atoms with Crippen LogP contribution in [0.5, 0.6) is 5.75 Å². The predicted molar refractivity (Wildman–Crippen MR) is 168 cm³/mol. The van der Waals surface area contributed by atoms with Crippen LogP contribution in [0.3, 0.4) is 0 Å². The Morgan fingerprint density at radius 1 is 1.05 bits per heavy atom. The molecule has 0 spiro atoms. The second-order valence-electron chi connectivity index (χ2n) is 12.0. The van der Waals surface area contributed by atoms with Crippen LogP contribution in [0.1, 0.15) is 56.3 Å². The highest BCUT2D eigenvalue weighted by Gasteiger charge is 2.34. The zero-order valence-electron chi connectivity index (χ0n) is 25.2. The van der Waals surface area contributed by atoms with E-state index in [1.165, 1.54) is 0 Å². The van der Waals surface area contributed by atoms with Crippen LogP contribution < -0.4 is 15.4 Å². The van der Waals surface area contributed by atoms with Crippen molar-refractivity contribution in [1.29, 1.82) is 0 Å². The molecule has 0 unspecified atom stereocenters. The molecule has 228 valence electrons. The van der Waals surface area contributed by atoms with Crippen LogP contribution in [0, 0.1) is 11.8 Å². The number of nitrogens with zero attached hydrogens (tertiary/aromatic N) is 2. The number of aliphatic hydroxyl groups excluding tert-OH is 1. The van der Waals surface area contributed by atoms with E-state index >= 15 is 0 Å². The van der Waals surface area contributed by atoms with E-state index in [0.29, 0.717) is 23.5 Å². The molecule has 0 aromatic heterocycles. The summed E-state index contributed by atoms with van der Waals surface area (Å²) < 4.78 is 6.45. The van der Waals surface area contributed by atoms with E-state index in [9.17, 15) is 19.5 Å². The van der Waals surface area contributed by atoms with Crippen molar-refractivity contribution in [2.75, 3.05) is 37.4 Å². The van der Waals surface area contributed by atoms with Gasteiger partial charge in [-0.15, -0.1) is 0 Å². The van der Waals surface area contributed by atoms with Crippen molar-refractivity contribution >= 4 is 40.0 Å². The molecule has 0 bridgehead atoms. The van der Waals surface area contributed by atoms with Gasteiger partial charge in [-0.25, -0.2) is 4.79 Å². The minimum atomic E-state index is -0.439. The zero-order valence-corrected chi connectivity index (χ0v) is 25.2. The first-order valence-electron chi connectivity index (χ1n) is 15.3. The minimum absolute atomic E-state index is 0.0191. The van der Waals surface area contributed by atoms with Gasteiger partial charge in [0.1, 0.15) is 11.9 Å². The summed E-state index contributed by atoms with van der Waals surface area (Å²) in [5.74, 6) is -0.0725. The zero-order chi connectivity index (χ0) is 30.5. The molecule has 1 aliphatic carbocycles. The first-order valence-corrected chi connectivity index (χ1v) is 15.3. The smallest absolute Gasteiger partial charge is 0.321 e. The molecule has 3 aromatic rings. The van der Waals surface area contributed by atoms with E-state index in [1.54, 1.807) is 42.0 Å². The van der Waals surface area contributed by atoms with Gasteiger partial charge in [-0.2, -0.15) is 0 Å². The summed E-state index contributed by atoms with van der Waals surface area (Å²) in [5.41, 5.74) is 1.59. The van der Waals surface area contributed by atoms with Crippen LogP contribution in [0.2, 0.25) is 0 Å². The standard InChI is InChI=1S/C34H42N4O5/c1-22-19-38(23(2)21-39)33(41)28-18-26(35-32(40)25-11-5-4-6-12-25)16-17-30(28)43-31(22)20-37(3)34(42)36-29-15-9-13-24-10-7-8-14-27(24)29/h7-10,13-18,22-23,25,31,39H,4-6,11-12,19-21H2,1-3H3,(H,35,40)(H,36,42)/t22-,23-,31-/m1/s1. The van der Waals surface area contributed by atoms with Crippen molar-refractivity contribution in [3.05, 3.63) is 66.2 Å². The number of carbonyl (C=O) groups is 3. The van der Waals surface area contributed by atoms with E-state index in [4.69, 9.17) is 4.74 Å². The van der Waals surface area contributed by atoms with Gasteiger partial charge in [0.2, 0.25) is 5.91 Å². The van der Waals surface area contributed by atoms with E-state index in [-0.39, 0.29) is 42.8 Å². The minimum Gasteiger partial charge on any atom is -0.487 e. The average Bonchev–Trinajstić information content (AvgIpc) is 3.03. The summed E-state index contributed by atoms with van der Waals surface area (Å²) in [7, 11) is 1.72. The molecule has 4 amide bonds. The number of carbonyl (C=O) groups excluding carboxylic acids is 3. The number of nitrogens with one attached hydrogen (secondary N) is 2. The van der Waals surface area contributed by atoms with Crippen molar-refractivity contribution in [3.8, 4) is 5.75 Å². The molecular weight excluding hydrogens is 544 g/mol. The number of aliphatic hydroxyl groups is 1. The molecule has 3 atom stereocenters. The lowest BCUT2D eigenvalue weighted by Crippen LogP contribution is -2.50. The molecule has 0 radical (unpaired) electrons. The second-order valence-corrected chi connectivity index (χ2v) is 12.0. The fourth-order valence-electron chi connectivity index (χ4n) is 6.03. The molecule has 3 aromatic carbocycles. The van der Waals surface area contributed by atoms with Crippen molar-refractivity contribution in [2.45, 2.75) is 58.1 Å². The molecule has 43 heavy (non-hydrogen) atoms. The number of anilines is 2. The summed E-state index contributed by atoms with van der Waals surface area (Å²) in [6.07, 6.45) is 4.58. The van der Waals surface area contributed by atoms with Crippen LogP contribution in [-0.4, -0.2) is 71.6 Å². The number of urea groups is 1. The summed E-state index contributed by atoms with van der Waals surface area (Å²) in [5, 5.41) is 18.0. The molecule has 1 aliphatic heterocycles. The maximum atomic E-state index is 13.8. The Bertz CT molecular complexity index is 1460. The Hall–Kier alpha value is -4.11. The Labute approximate surface area is 253 Å². The first kappa shape index (κ1) is 30.4. The quantitative estimate of drug-likeness (QED) is 0.327. The van der Waals surface area contributed by atoms with Crippen LogP contribution >= 0.6 is 0 Å². The molecule has 9 heteroatoms. The van der Waals surface area contributed by atoms with Gasteiger partial charge in [-0.05, 0) is 49.4 Å². The molecule has 0 saturated heterocycles. The normalized spacial score (nSPS) is 19.9. The van der Waals surface area contributed by atoms with E-state index in [2.05, 4.69) is 10.6 Å². The first-order chi connectivity index (χ1) is 20.7. The molecule has 1 fully saturated rings. The molecule has 5 rings (SSSR count). The Balaban J connectivity index is 1.36. The number of hydrogen-bond donors (Lipinski definition) is 3. The topological polar surface area (TPSA) is 111 Å². The van der Waals surface area contributed by atoms with Gasteiger partial charge < -0.3 is 30.3 Å². The van der Waals surface area contributed by atoms with Crippen LogP contribution in [0.15, 0.2) is 60.7 Å². The maximum absolute atomic E-state index is 13.8. The number of benzene rings is 3. The number of fused-ring (bicyclic) bond motifs is 2. The van der Waals surface area contributed by atoms with Gasteiger partial charge in [0.15, 0.2) is 0 Å². The van der Waals surface area contributed by atoms with Crippen molar-refractivity contribution in [3.63, 3.8) is 0 Å². The third-order valence-electron chi connectivity index (χ3n) is 8.74. The number of likely N-dealkylation sites (N-methyl/N-ethyl adjacent to an activating group) is 1. The third kappa shape index (κ3) is 6.94. The molecule has 1 heterocycles. The van der Waals surface area contributed by atoms with Gasteiger partial charge >= 0.3 is 6.03 Å². The molecule has 1 saturated carbocycles. The van der Waals surface area contributed by atoms with Gasteiger partial charge in [0.25, 0.3) is 5.91 Å². The van der Waals surface area contributed by atoms with E-state index < -0.39 is 12.1 Å². The summed E-state index contributed by atoms with van der Waals surface area (Å²) in [6.45, 7) is 4.20. The van der Waals surface area contributed by atoms with Crippen molar-refractivity contribution < 1.29 is 24.2 Å². The third-order valence-corrected chi connectivity index (χ3v) is 8.74. The molecule has 3 N–H and O–H groups in total. The highest BCUT2D eigenvalue weighted by Crippen LogP contribution is 2.32. The Morgan fingerprint density at radius 2 is 1.79 bits per heavy atom. The number of rotatable bonds is 7. The maximum Gasteiger partial charge on any atom is 0.321 e. The number of hydrogen-bond acceptors (Lipinski definition) is 5. The Morgan fingerprint density at radius 3 is 2.56 bits per heavy atom. The second kappa shape index (κ2) is 13.5. The lowest BCUT2D eigenvalue weighted by Gasteiger charge is -2.38. The van der Waals surface area contributed by atoms with Gasteiger partial charge in [0, 0.05) is 36.5 Å². The number of amides is 4.